The largest absolute Gasteiger partial charge is 0.493 e. The third-order valence-electron chi connectivity index (χ3n) is 3.94. The Bertz CT molecular complexity index is 765. The van der Waals surface area contributed by atoms with Crippen LogP contribution in [-0.4, -0.2) is 24.7 Å². The second-order valence-electron chi connectivity index (χ2n) is 5.92. The average molecular weight is 339 g/mol. The van der Waals surface area contributed by atoms with Crippen molar-refractivity contribution in [3.05, 3.63) is 53.6 Å². The van der Waals surface area contributed by atoms with Gasteiger partial charge in [-0.25, -0.2) is 4.79 Å². The van der Waals surface area contributed by atoms with Crippen LogP contribution in [0.25, 0.3) is 17.2 Å². The monoisotopic (exact) mass is 339 g/mol. The van der Waals surface area contributed by atoms with Crippen LogP contribution in [0.1, 0.15) is 32.3 Å². The quantitative estimate of drug-likeness (QED) is 0.521. The van der Waals surface area contributed by atoms with Gasteiger partial charge in [-0.2, -0.15) is 0 Å². The Morgan fingerprint density at radius 2 is 2.04 bits per heavy atom. The zero-order valence-corrected chi connectivity index (χ0v) is 15.0. The number of carbonyl (C=O) groups is 1. The number of anilines is 1. The second-order valence-corrected chi connectivity index (χ2v) is 5.92. The van der Waals surface area contributed by atoms with E-state index in [1.54, 1.807) is 13.0 Å². The summed E-state index contributed by atoms with van der Waals surface area (Å²) in [5, 5.41) is 12.2. The van der Waals surface area contributed by atoms with E-state index in [2.05, 4.69) is 18.3 Å². The number of hydrogen-bond donors (Lipinski definition) is 2. The van der Waals surface area contributed by atoms with Gasteiger partial charge in [-0.05, 0) is 48.7 Å². The summed E-state index contributed by atoms with van der Waals surface area (Å²) < 4.78 is 5.99. The lowest BCUT2D eigenvalue weighted by Crippen LogP contribution is -1.99. The van der Waals surface area contributed by atoms with Crippen molar-refractivity contribution < 1.29 is 14.6 Å². The molecule has 0 aromatic heterocycles. The lowest BCUT2D eigenvalue weighted by molar-refractivity contribution is -0.132. The van der Waals surface area contributed by atoms with Crippen LogP contribution in [0.2, 0.25) is 0 Å². The molecule has 25 heavy (non-hydrogen) atoms. The smallest absolute Gasteiger partial charge is 0.331 e. The van der Waals surface area contributed by atoms with Crippen molar-refractivity contribution >= 4 is 17.7 Å². The van der Waals surface area contributed by atoms with Gasteiger partial charge in [0.2, 0.25) is 0 Å². The molecular formula is C21H25NO3. The van der Waals surface area contributed by atoms with E-state index in [4.69, 9.17) is 9.84 Å². The van der Waals surface area contributed by atoms with Gasteiger partial charge in [0.25, 0.3) is 0 Å². The summed E-state index contributed by atoms with van der Waals surface area (Å²) in [5.74, 6) is -0.145. The Morgan fingerprint density at radius 3 is 2.72 bits per heavy atom. The molecule has 0 saturated heterocycles. The molecule has 2 N–H and O–H groups in total. The first-order chi connectivity index (χ1) is 12.0. The first kappa shape index (κ1) is 18.6. The van der Waals surface area contributed by atoms with Gasteiger partial charge in [-0.3, -0.25) is 0 Å². The van der Waals surface area contributed by atoms with Crippen LogP contribution >= 0.6 is 0 Å². The second kappa shape index (κ2) is 8.92. The van der Waals surface area contributed by atoms with Crippen molar-refractivity contribution in [1.29, 1.82) is 0 Å². The van der Waals surface area contributed by atoms with Crippen molar-refractivity contribution in [3.63, 3.8) is 0 Å². The van der Waals surface area contributed by atoms with E-state index < -0.39 is 5.97 Å². The number of carboxylic acid groups (broad SMARTS) is 1. The van der Waals surface area contributed by atoms with Crippen LogP contribution in [0.15, 0.2) is 48.0 Å². The molecule has 0 aliphatic carbocycles. The molecule has 132 valence electrons. The van der Waals surface area contributed by atoms with Crippen LogP contribution in [0.3, 0.4) is 0 Å². The summed E-state index contributed by atoms with van der Waals surface area (Å²) in [6.07, 6.45) is 3.69. The van der Waals surface area contributed by atoms with Crippen molar-refractivity contribution in [1.82, 2.24) is 0 Å². The molecule has 4 nitrogen and oxygen atoms in total. The maximum absolute atomic E-state index is 11.1. The normalized spacial score (nSPS) is 11.2. The van der Waals surface area contributed by atoms with Crippen LogP contribution in [-0.2, 0) is 4.79 Å². The van der Waals surface area contributed by atoms with Gasteiger partial charge >= 0.3 is 5.97 Å². The van der Waals surface area contributed by atoms with Gasteiger partial charge in [0.1, 0.15) is 5.75 Å². The molecule has 0 unspecified atom stereocenters. The summed E-state index contributed by atoms with van der Waals surface area (Å²) in [7, 11) is 1.89. The predicted molar refractivity (Wildman–Crippen MR) is 103 cm³/mol. The average Bonchev–Trinajstić information content (AvgIpc) is 2.62. The van der Waals surface area contributed by atoms with Gasteiger partial charge < -0.3 is 15.2 Å². The van der Waals surface area contributed by atoms with Crippen LogP contribution < -0.4 is 10.1 Å². The summed E-state index contributed by atoms with van der Waals surface area (Å²) in [5.41, 5.74) is 4.20. The predicted octanol–water partition coefficient (Wildman–Crippen LogP) is 5.06. The van der Waals surface area contributed by atoms with Gasteiger partial charge in [0.15, 0.2) is 0 Å². The molecule has 0 spiro atoms. The third kappa shape index (κ3) is 5.11. The molecule has 0 amide bonds. The van der Waals surface area contributed by atoms with Crippen LogP contribution in [0, 0.1) is 0 Å². The number of hydrogen-bond acceptors (Lipinski definition) is 3. The molecule has 2 rings (SSSR count). The van der Waals surface area contributed by atoms with E-state index in [0.717, 1.165) is 41.0 Å². The molecule has 0 bridgehead atoms. The SMILES string of the molecule is CCCCOc1cc(C=C(C)C(=O)O)ccc1-c1cccc(NC)c1. The standard InChI is InChI=1S/C21H25NO3/c1-4-5-11-25-20-13-16(12-15(2)21(23)24)9-10-19(20)17-7-6-8-18(14-17)22-3/h6-10,12-14,22H,4-5,11H2,1-3H3,(H,23,24). The van der Waals surface area contributed by atoms with Crippen LogP contribution in [0.4, 0.5) is 5.69 Å². The van der Waals surface area contributed by atoms with E-state index in [1.807, 2.05) is 43.4 Å². The van der Waals surface area contributed by atoms with Crippen molar-refractivity contribution in [3.8, 4) is 16.9 Å². The zero-order chi connectivity index (χ0) is 18.2. The Morgan fingerprint density at radius 1 is 1.24 bits per heavy atom. The summed E-state index contributed by atoms with van der Waals surface area (Å²) >= 11 is 0. The highest BCUT2D eigenvalue weighted by atomic mass is 16.5. The van der Waals surface area contributed by atoms with Gasteiger partial charge in [0, 0.05) is 23.9 Å². The molecule has 0 fully saturated rings. The number of ether oxygens (including phenoxy) is 1. The Balaban J connectivity index is 2.43. The first-order valence-electron chi connectivity index (χ1n) is 8.51. The van der Waals surface area contributed by atoms with E-state index in [1.165, 1.54) is 0 Å². The molecule has 0 atom stereocenters. The molecular weight excluding hydrogens is 314 g/mol. The Kier molecular flexibility index (Phi) is 6.63. The maximum atomic E-state index is 11.1. The topological polar surface area (TPSA) is 58.6 Å². The molecule has 0 heterocycles. The Hall–Kier alpha value is -2.75. The minimum atomic E-state index is -0.917. The molecule has 2 aromatic rings. The van der Waals surface area contributed by atoms with E-state index in [0.29, 0.717) is 12.2 Å². The van der Waals surface area contributed by atoms with Crippen molar-refractivity contribution in [2.45, 2.75) is 26.7 Å². The molecule has 2 aromatic carbocycles. The number of aliphatic carboxylic acids is 1. The third-order valence-corrected chi connectivity index (χ3v) is 3.94. The molecule has 0 radical (unpaired) electrons. The number of benzene rings is 2. The lowest BCUT2D eigenvalue weighted by Gasteiger charge is -2.14. The fraction of sp³-hybridized carbons (Fsp3) is 0.286. The highest BCUT2D eigenvalue weighted by Gasteiger charge is 2.09. The first-order valence-corrected chi connectivity index (χ1v) is 8.51. The van der Waals surface area contributed by atoms with Gasteiger partial charge in [-0.1, -0.05) is 37.6 Å². The number of carboxylic acids is 1. The zero-order valence-electron chi connectivity index (χ0n) is 15.0. The summed E-state index contributed by atoms with van der Waals surface area (Å²) in [4.78, 5) is 11.1. The molecule has 0 aliphatic heterocycles. The maximum Gasteiger partial charge on any atom is 0.331 e. The lowest BCUT2D eigenvalue weighted by atomic mass is 10.0. The number of rotatable bonds is 8. The number of nitrogens with one attached hydrogen (secondary N) is 1. The molecule has 0 saturated carbocycles. The van der Waals surface area contributed by atoms with E-state index in [9.17, 15) is 4.79 Å². The fourth-order valence-electron chi connectivity index (χ4n) is 2.47. The van der Waals surface area contributed by atoms with Gasteiger partial charge in [-0.15, -0.1) is 0 Å². The van der Waals surface area contributed by atoms with Gasteiger partial charge in [0.05, 0.1) is 6.61 Å². The van der Waals surface area contributed by atoms with Crippen molar-refractivity contribution in [2.24, 2.45) is 0 Å². The minimum Gasteiger partial charge on any atom is -0.493 e. The number of unbranched alkanes of at least 4 members (excludes halogenated alkanes) is 1. The Labute approximate surface area is 149 Å². The molecule has 0 aliphatic rings. The van der Waals surface area contributed by atoms with E-state index >= 15 is 0 Å². The van der Waals surface area contributed by atoms with Crippen molar-refractivity contribution in [2.75, 3.05) is 19.0 Å². The molecule has 4 heteroatoms. The summed E-state index contributed by atoms with van der Waals surface area (Å²) in [6.45, 7) is 4.35. The summed E-state index contributed by atoms with van der Waals surface area (Å²) in [6, 6.07) is 13.9. The highest BCUT2D eigenvalue weighted by Crippen LogP contribution is 2.33. The fourth-order valence-corrected chi connectivity index (χ4v) is 2.47. The highest BCUT2D eigenvalue weighted by molar-refractivity contribution is 5.91. The minimum absolute atomic E-state index is 0.296. The van der Waals surface area contributed by atoms with E-state index in [-0.39, 0.29) is 0 Å². The van der Waals surface area contributed by atoms with Crippen LogP contribution in [0.5, 0.6) is 5.75 Å².